The van der Waals surface area contributed by atoms with E-state index in [-0.39, 0.29) is 11.9 Å². The van der Waals surface area contributed by atoms with Gasteiger partial charge in [0.15, 0.2) is 0 Å². The van der Waals surface area contributed by atoms with Gasteiger partial charge in [-0.05, 0) is 50.9 Å². The summed E-state index contributed by atoms with van der Waals surface area (Å²) in [5, 5.41) is 7.14. The fraction of sp³-hybridized carbons (Fsp3) is 0.550. The highest BCUT2D eigenvalue weighted by Gasteiger charge is 2.26. The molecule has 2 saturated heterocycles. The average Bonchev–Trinajstić information content (AvgIpc) is 3.21. The summed E-state index contributed by atoms with van der Waals surface area (Å²) < 4.78 is 10.7. The van der Waals surface area contributed by atoms with Crippen LogP contribution >= 0.6 is 0 Å². The van der Waals surface area contributed by atoms with Gasteiger partial charge >= 0.3 is 0 Å². The molecular formula is C20H26N4O3. The van der Waals surface area contributed by atoms with Crippen LogP contribution < -0.4 is 5.32 Å². The summed E-state index contributed by atoms with van der Waals surface area (Å²) in [5.74, 6) is 0.441. The normalized spacial score (nSPS) is 21.9. The van der Waals surface area contributed by atoms with Crippen LogP contribution in [0.15, 0.2) is 35.0 Å². The molecule has 4 heterocycles. The molecule has 1 N–H and O–H groups in total. The predicted molar refractivity (Wildman–Crippen MR) is 99.3 cm³/mol. The van der Waals surface area contributed by atoms with Gasteiger partial charge in [-0.3, -0.25) is 14.7 Å². The number of nitrogens with one attached hydrogen (secondary N) is 1. The highest BCUT2D eigenvalue weighted by molar-refractivity contribution is 5.91. The molecule has 144 valence electrons. The molecule has 2 aliphatic rings. The lowest BCUT2D eigenvalue weighted by atomic mass is 9.93. The molecule has 0 aliphatic carbocycles. The number of ether oxygens (including phenoxy) is 1. The van der Waals surface area contributed by atoms with Gasteiger partial charge in [0, 0.05) is 31.3 Å². The van der Waals surface area contributed by atoms with Crippen LogP contribution in [-0.2, 0) is 11.3 Å². The largest absolute Gasteiger partial charge is 0.379 e. The molecule has 2 fully saturated rings. The molecule has 27 heavy (non-hydrogen) atoms. The van der Waals surface area contributed by atoms with Crippen molar-refractivity contribution in [2.45, 2.75) is 44.2 Å². The summed E-state index contributed by atoms with van der Waals surface area (Å²) in [6.45, 7) is 4.22. The lowest BCUT2D eigenvalue weighted by Gasteiger charge is -2.30. The number of carbonyl (C=O) groups excluding carboxylic acids is 1. The number of rotatable bonds is 5. The number of amides is 1. The molecule has 0 saturated carbocycles. The van der Waals surface area contributed by atoms with Gasteiger partial charge in [0.25, 0.3) is 5.91 Å². The third kappa shape index (κ3) is 4.73. The third-order valence-corrected chi connectivity index (χ3v) is 5.37. The van der Waals surface area contributed by atoms with Gasteiger partial charge in [-0.1, -0.05) is 11.2 Å². The van der Waals surface area contributed by atoms with E-state index < -0.39 is 0 Å². The maximum atomic E-state index is 12.3. The Balaban J connectivity index is 1.28. The predicted octanol–water partition coefficient (Wildman–Crippen LogP) is 2.36. The summed E-state index contributed by atoms with van der Waals surface area (Å²) in [5.41, 5.74) is 1.99. The van der Waals surface area contributed by atoms with Crippen LogP contribution in [0.2, 0.25) is 0 Å². The van der Waals surface area contributed by atoms with Gasteiger partial charge in [0.05, 0.1) is 24.0 Å². The summed E-state index contributed by atoms with van der Waals surface area (Å²) in [4.78, 5) is 19.2. The Morgan fingerprint density at radius 2 is 2.15 bits per heavy atom. The molecule has 7 heteroatoms. The first-order valence-corrected chi connectivity index (χ1v) is 9.75. The molecule has 1 unspecified atom stereocenters. The van der Waals surface area contributed by atoms with Crippen LogP contribution in [0.1, 0.15) is 53.5 Å². The fourth-order valence-electron chi connectivity index (χ4n) is 3.81. The summed E-state index contributed by atoms with van der Waals surface area (Å²) in [6, 6.07) is 7.89. The van der Waals surface area contributed by atoms with Crippen molar-refractivity contribution in [1.29, 1.82) is 0 Å². The van der Waals surface area contributed by atoms with E-state index in [0.717, 1.165) is 63.3 Å². The van der Waals surface area contributed by atoms with E-state index in [2.05, 4.69) is 26.4 Å². The van der Waals surface area contributed by atoms with E-state index in [1.807, 2.05) is 18.3 Å². The van der Waals surface area contributed by atoms with Crippen molar-refractivity contribution in [2.75, 3.05) is 26.3 Å². The Bertz CT molecular complexity index is 735. The minimum Gasteiger partial charge on any atom is -0.379 e. The Hall–Kier alpha value is -2.25. The topological polar surface area (TPSA) is 80.5 Å². The number of carbonyl (C=O) groups is 1. The highest BCUT2D eigenvalue weighted by Crippen LogP contribution is 2.28. The van der Waals surface area contributed by atoms with Crippen LogP contribution in [0.4, 0.5) is 0 Å². The number of aromatic nitrogens is 2. The van der Waals surface area contributed by atoms with Gasteiger partial charge in [0.2, 0.25) is 5.76 Å². The van der Waals surface area contributed by atoms with Crippen LogP contribution in [-0.4, -0.2) is 53.3 Å². The average molecular weight is 370 g/mol. The molecule has 0 radical (unpaired) electrons. The van der Waals surface area contributed by atoms with Crippen molar-refractivity contribution < 1.29 is 14.1 Å². The minimum absolute atomic E-state index is 0.0645. The smallest absolute Gasteiger partial charge is 0.290 e. The van der Waals surface area contributed by atoms with Gasteiger partial charge in [-0.15, -0.1) is 0 Å². The van der Waals surface area contributed by atoms with E-state index in [4.69, 9.17) is 9.26 Å². The molecule has 0 aromatic carbocycles. The van der Waals surface area contributed by atoms with E-state index in [1.54, 1.807) is 6.07 Å². The molecule has 0 spiro atoms. The summed E-state index contributed by atoms with van der Waals surface area (Å²) in [6.07, 6.45) is 5.78. The lowest BCUT2D eigenvalue weighted by molar-refractivity contribution is 0.0608. The SMILES string of the molecule is O=C(NC1CCCOC1)c1cc(C2CCN(Cc3ccccn3)CC2)no1. The van der Waals surface area contributed by atoms with Crippen molar-refractivity contribution in [3.63, 3.8) is 0 Å². The molecule has 0 bridgehead atoms. The lowest BCUT2D eigenvalue weighted by Crippen LogP contribution is -2.40. The van der Waals surface area contributed by atoms with Gasteiger partial charge in [-0.25, -0.2) is 0 Å². The number of likely N-dealkylation sites (tertiary alicyclic amines) is 1. The maximum Gasteiger partial charge on any atom is 0.290 e. The van der Waals surface area contributed by atoms with E-state index >= 15 is 0 Å². The van der Waals surface area contributed by atoms with E-state index in [1.165, 1.54) is 0 Å². The number of piperidine rings is 1. The fourth-order valence-corrected chi connectivity index (χ4v) is 3.81. The molecule has 2 aliphatic heterocycles. The van der Waals surface area contributed by atoms with Gasteiger partial charge < -0.3 is 14.6 Å². The minimum atomic E-state index is -0.197. The quantitative estimate of drug-likeness (QED) is 0.870. The van der Waals surface area contributed by atoms with Crippen molar-refractivity contribution in [2.24, 2.45) is 0 Å². The van der Waals surface area contributed by atoms with Gasteiger partial charge in [-0.2, -0.15) is 0 Å². The number of nitrogens with zero attached hydrogens (tertiary/aromatic N) is 3. The standard InChI is InChI=1S/C20H26N4O3/c25-20(22-17-5-3-11-26-14-17)19-12-18(23-27-19)15-6-9-24(10-7-15)13-16-4-1-2-8-21-16/h1-2,4,8,12,15,17H,3,5-7,9-11,13-14H2,(H,22,25). The second-order valence-electron chi connectivity index (χ2n) is 7.38. The van der Waals surface area contributed by atoms with Crippen LogP contribution in [0.5, 0.6) is 0 Å². The van der Waals surface area contributed by atoms with Crippen molar-refractivity contribution >= 4 is 5.91 Å². The maximum absolute atomic E-state index is 12.3. The summed E-state index contributed by atoms with van der Waals surface area (Å²) >= 11 is 0. The monoisotopic (exact) mass is 370 g/mol. The van der Waals surface area contributed by atoms with Crippen LogP contribution in [0, 0.1) is 0 Å². The summed E-state index contributed by atoms with van der Waals surface area (Å²) in [7, 11) is 0. The Labute approximate surface area is 159 Å². The zero-order valence-corrected chi connectivity index (χ0v) is 15.5. The Morgan fingerprint density at radius 3 is 2.89 bits per heavy atom. The molecule has 2 aromatic heterocycles. The molecule has 1 amide bonds. The van der Waals surface area contributed by atoms with E-state index in [0.29, 0.717) is 18.3 Å². The van der Waals surface area contributed by atoms with Crippen LogP contribution in [0.25, 0.3) is 0 Å². The van der Waals surface area contributed by atoms with Crippen LogP contribution in [0.3, 0.4) is 0 Å². The first-order chi connectivity index (χ1) is 13.3. The Morgan fingerprint density at radius 1 is 1.26 bits per heavy atom. The van der Waals surface area contributed by atoms with Crippen molar-refractivity contribution in [3.05, 3.63) is 47.6 Å². The molecule has 2 aromatic rings. The second kappa shape index (κ2) is 8.63. The number of hydrogen-bond donors (Lipinski definition) is 1. The van der Waals surface area contributed by atoms with E-state index in [9.17, 15) is 4.79 Å². The zero-order chi connectivity index (χ0) is 18.5. The highest BCUT2D eigenvalue weighted by atomic mass is 16.5. The van der Waals surface area contributed by atoms with Crippen molar-refractivity contribution in [1.82, 2.24) is 20.4 Å². The molecule has 1 atom stereocenters. The first-order valence-electron chi connectivity index (χ1n) is 9.75. The van der Waals surface area contributed by atoms with Crippen molar-refractivity contribution in [3.8, 4) is 0 Å². The third-order valence-electron chi connectivity index (χ3n) is 5.37. The molecular weight excluding hydrogens is 344 g/mol. The molecule has 7 nitrogen and oxygen atoms in total. The second-order valence-corrected chi connectivity index (χ2v) is 7.38. The first kappa shape index (κ1) is 18.1. The number of hydrogen-bond acceptors (Lipinski definition) is 6. The Kier molecular flexibility index (Phi) is 5.79. The van der Waals surface area contributed by atoms with Gasteiger partial charge in [0.1, 0.15) is 0 Å². The number of pyridine rings is 1. The zero-order valence-electron chi connectivity index (χ0n) is 15.5. The molecule has 4 rings (SSSR count).